The zero-order valence-electron chi connectivity index (χ0n) is 13.6. The van der Waals surface area contributed by atoms with Gasteiger partial charge in [-0.25, -0.2) is 4.68 Å². The van der Waals surface area contributed by atoms with Gasteiger partial charge in [0.15, 0.2) is 0 Å². The van der Waals surface area contributed by atoms with Crippen LogP contribution in [0.1, 0.15) is 41.0 Å². The van der Waals surface area contributed by atoms with Gasteiger partial charge in [-0.1, -0.05) is 18.2 Å². The Morgan fingerprint density at radius 1 is 1.35 bits per heavy atom. The van der Waals surface area contributed by atoms with Gasteiger partial charge in [-0.05, 0) is 51.2 Å². The minimum atomic E-state index is -0.0902. The Balaban J connectivity index is 1.85. The number of hydrogen-bond acceptors (Lipinski definition) is 3. The van der Waals surface area contributed by atoms with Crippen molar-refractivity contribution in [3.63, 3.8) is 0 Å². The lowest BCUT2D eigenvalue weighted by molar-refractivity contribution is 0.0923. The third-order valence-corrected chi connectivity index (χ3v) is 4.47. The number of amides is 1. The first-order valence-electron chi connectivity index (χ1n) is 8.15. The van der Waals surface area contributed by atoms with Crippen LogP contribution in [0.25, 0.3) is 5.69 Å². The van der Waals surface area contributed by atoms with Crippen molar-refractivity contribution in [3.05, 3.63) is 47.3 Å². The molecule has 1 atom stereocenters. The molecule has 1 aliphatic rings. The molecule has 0 spiro atoms. The SMILES string of the molecule is Cc1nn(-c2ccccc2)c(C)c1C(=O)NC(CCO)C1CC1. The van der Waals surface area contributed by atoms with Crippen LogP contribution in [0, 0.1) is 19.8 Å². The van der Waals surface area contributed by atoms with Crippen molar-refractivity contribution in [3.8, 4) is 5.69 Å². The zero-order chi connectivity index (χ0) is 16.4. The van der Waals surface area contributed by atoms with Gasteiger partial charge < -0.3 is 10.4 Å². The number of aliphatic hydroxyl groups excluding tert-OH is 1. The molecule has 1 aliphatic carbocycles. The number of para-hydroxylation sites is 1. The van der Waals surface area contributed by atoms with E-state index in [1.807, 2.05) is 48.9 Å². The normalized spacial score (nSPS) is 15.4. The van der Waals surface area contributed by atoms with E-state index >= 15 is 0 Å². The van der Waals surface area contributed by atoms with E-state index in [9.17, 15) is 9.90 Å². The van der Waals surface area contributed by atoms with E-state index in [2.05, 4.69) is 10.4 Å². The Morgan fingerprint density at radius 2 is 2.04 bits per heavy atom. The first-order valence-corrected chi connectivity index (χ1v) is 8.15. The first kappa shape index (κ1) is 15.7. The van der Waals surface area contributed by atoms with Crippen LogP contribution in [0.5, 0.6) is 0 Å². The van der Waals surface area contributed by atoms with Crippen LogP contribution in [0.15, 0.2) is 30.3 Å². The molecule has 0 aliphatic heterocycles. The summed E-state index contributed by atoms with van der Waals surface area (Å²) in [6.45, 7) is 3.88. The number of carbonyl (C=O) groups excluding carboxylic acids is 1. The van der Waals surface area contributed by atoms with Gasteiger partial charge in [0.25, 0.3) is 5.91 Å². The standard InChI is InChI=1S/C18H23N3O2/c1-12-17(18(23)19-16(10-11-22)14-8-9-14)13(2)21(20-12)15-6-4-3-5-7-15/h3-7,14,16,22H,8-11H2,1-2H3,(H,19,23). The van der Waals surface area contributed by atoms with E-state index in [4.69, 9.17) is 0 Å². The lowest BCUT2D eigenvalue weighted by Gasteiger charge is -2.17. The Kier molecular flexibility index (Phi) is 4.48. The van der Waals surface area contributed by atoms with E-state index in [-0.39, 0.29) is 18.6 Å². The smallest absolute Gasteiger partial charge is 0.255 e. The van der Waals surface area contributed by atoms with Crippen molar-refractivity contribution in [1.29, 1.82) is 0 Å². The monoisotopic (exact) mass is 313 g/mol. The summed E-state index contributed by atoms with van der Waals surface area (Å²) in [5.41, 5.74) is 3.14. The fraction of sp³-hybridized carbons (Fsp3) is 0.444. The second kappa shape index (κ2) is 6.54. The van der Waals surface area contributed by atoms with Crippen LogP contribution in [0.3, 0.4) is 0 Å². The van der Waals surface area contributed by atoms with E-state index in [1.54, 1.807) is 0 Å². The lowest BCUT2D eigenvalue weighted by Crippen LogP contribution is -2.37. The number of carbonyl (C=O) groups is 1. The highest BCUT2D eigenvalue weighted by Crippen LogP contribution is 2.34. The molecule has 2 aromatic rings. The van der Waals surface area contributed by atoms with Crippen molar-refractivity contribution in [2.45, 2.75) is 39.2 Å². The highest BCUT2D eigenvalue weighted by atomic mass is 16.3. The first-order chi connectivity index (χ1) is 11.1. The molecule has 0 saturated heterocycles. The van der Waals surface area contributed by atoms with Gasteiger partial charge in [0, 0.05) is 12.6 Å². The molecule has 1 unspecified atom stereocenters. The molecule has 1 fully saturated rings. The third kappa shape index (κ3) is 3.29. The van der Waals surface area contributed by atoms with Gasteiger partial charge in [0.2, 0.25) is 0 Å². The summed E-state index contributed by atoms with van der Waals surface area (Å²) in [6.07, 6.45) is 2.87. The maximum absolute atomic E-state index is 12.7. The summed E-state index contributed by atoms with van der Waals surface area (Å²) >= 11 is 0. The molecule has 23 heavy (non-hydrogen) atoms. The number of rotatable bonds is 6. The van der Waals surface area contributed by atoms with Gasteiger partial charge in [-0.3, -0.25) is 4.79 Å². The maximum Gasteiger partial charge on any atom is 0.255 e. The minimum absolute atomic E-state index is 0.0615. The Labute approximate surface area is 136 Å². The molecule has 1 aromatic carbocycles. The van der Waals surface area contributed by atoms with Gasteiger partial charge in [-0.15, -0.1) is 0 Å². The molecule has 1 heterocycles. The van der Waals surface area contributed by atoms with Crippen LogP contribution in [-0.4, -0.2) is 33.4 Å². The number of hydrogen-bond donors (Lipinski definition) is 2. The zero-order valence-corrected chi connectivity index (χ0v) is 13.6. The fourth-order valence-corrected chi connectivity index (χ4v) is 3.10. The van der Waals surface area contributed by atoms with Gasteiger partial charge in [-0.2, -0.15) is 5.10 Å². The Bertz CT molecular complexity index is 690. The average molecular weight is 313 g/mol. The number of aryl methyl sites for hydroxylation is 1. The lowest BCUT2D eigenvalue weighted by atomic mass is 10.1. The summed E-state index contributed by atoms with van der Waals surface area (Å²) in [4.78, 5) is 12.7. The minimum Gasteiger partial charge on any atom is -0.396 e. The Morgan fingerprint density at radius 3 is 2.65 bits per heavy atom. The Hall–Kier alpha value is -2.14. The number of aromatic nitrogens is 2. The second-order valence-corrected chi connectivity index (χ2v) is 6.22. The van der Waals surface area contributed by atoms with Crippen LogP contribution >= 0.6 is 0 Å². The summed E-state index contributed by atoms with van der Waals surface area (Å²) in [7, 11) is 0. The molecule has 5 nitrogen and oxygen atoms in total. The van der Waals surface area contributed by atoms with Gasteiger partial charge in [0.05, 0.1) is 22.6 Å². The van der Waals surface area contributed by atoms with Crippen molar-refractivity contribution >= 4 is 5.91 Å². The highest BCUT2D eigenvalue weighted by Gasteiger charge is 2.33. The quantitative estimate of drug-likeness (QED) is 0.860. The van der Waals surface area contributed by atoms with Crippen LogP contribution in [0.2, 0.25) is 0 Å². The molecule has 0 radical (unpaired) electrons. The molecule has 0 bridgehead atoms. The average Bonchev–Trinajstić information content (AvgIpc) is 3.33. The molecular weight excluding hydrogens is 290 g/mol. The van der Waals surface area contributed by atoms with Crippen molar-refractivity contribution in [2.24, 2.45) is 5.92 Å². The number of nitrogens with one attached hydrogen (secondary N) is 1. The number of benzene rings is 1. The van der Waals surface area contributed by atoms with Crippen LogP contribution in [0.4, 0.5) is 0 Å². The van der Waals surface area contributed by atoms with Crippen molar-refractivity contribution in [2.75, 3.05) is 6.61 Å². The predicted molar refractivity (Wildman–Crippen MR) is 88.7 cm³/mol. The molecule has 1 aromatic heterocycles. The highest BCUT2D eigenvalue weighted by molar-refractivity contribution is 5.96. The van der Waals surface area contributed by atoms with Crippen LogP contribution < -0.4 is 5.32 Å². The van der Waals surface area contributed by atoms with E-state index < -0.39 is 0 Å². The summed E-state index contributed by atoms with van der Waals surface area (Å²) < 4.78 is 1.81. The number of nitrogens with zero attached hydrogens (tertiary/aromatic N) is 2. The van der Waals surface area contributed by atoms with Crippen molar-refractivity contribution in [1.82, 2.24) is 15.1 Å². The fourth-order valence-electron chi connectivity index (χ4n) is 3.10. The van der Waals surface area contributed by atoms with Crippen LogP contribution in [-0.2, 0) is 0 Å². The predicted octanol–water partition coefficient (Wildman–Crippen LogP) is 2.38. The second-order valence-electron chi connectivity index (χ2n) is 6.22. The van der Waals surface area contributed by atoms with E-state index in [1.165, 1.54) is 0 Å². The van der Waals surface area contributed by atoms with Gasteiger partial charge >= 0.3 is 0 Å². The molecular formula is C18H23N3O2. The van der Waals surface area contributed by atoms with Gasteiger partial charge in [0.1, 0.15) is 0 Å². The molecule has 1 amide bonds. The summed E-state index contributed by atoms with van der Waals surface area (Å²) in [5, 5.41) is 16.8. The molecule has 2 N–H and O–H groups in total. The largest absolute Gasteiger partial charge is 0.396 e. The molecule has 1 saturated carbocycles. The molecule has 3 rings (SSSR count). The van der Waals surface area contributed by atoms with E-state index in [0.29, 0.717) is 17.9 Å². The summed E-state index contributed by atoms with van der Waals surface area (Å²) in [5.74, 6) is 0.420. The number of aliphatic hydroxyl groups is 1. The topological polar surface area (TPSA) is 67.2 Å². The van der Waals surface area contributed by atoms with Crippen molar-refractivity contribution < 1.29 is 9.90 Å². The van der Waals surface area contributed by atoms with E-state index in [0.717, 1.165) is 29.9 Å². The molecule has 122 valence electrons. The maximum atomic E-state index is 12.7. The summed E-state index contributed by atoms with van der Waals surface area (Å²) in [6, 6.07) is 9.87. The third-order valence-electron chi connectivity index (χ3n) is 4.47. The molecule has 5 heteroatoms.